The predicted molar refractivity (Wildman–Crippen MR) is 42.6 cm³/mol. The molecule has 78 valence electrons. The molecular formula is C7H8F3N3O. The van der Waals surface area contributed by atoms with Crippen LogP contribution in [0.2, 0.25) is 0 Å². The highest BCUT2D eigenvalue weighted by atomic mass is 19.4. The normalized spacial score (nSPS) is 11.4. The molecule has 7 heteroatoms. The van der Waals surface area contributed by atoms with E-state index in [1.165, 1.54) is 12.4 Å². The van der Waals surface area contributed by atoms with E-state index < -0.39 is 19.2 Å². The van der Waals surface area contributed by atoms with Gasteiger partial charge in [-0.25, -0.2) is 0 Å². The summed E-state index contributed by atoms with van der Waals surface area (Å²) in [6.45, 7) is -0.484. The van der Waals surface area contributed by atoms with Gasteiger partial charge in [0.2, 0.25) is 5.88 Å². The van der Waals surface area contributed by atoms with Gasteiger partial charge in [0.1, 0.15) is 5.82 Å². The Morgan fingerprint density at radius 2 is 2.07 bits per heavy atom. The summed E-state index contributed by atoms with van der Waals surface area (Å²) in [5.74, 6) is 0.101. The number of aromatic nitrogens is 2. The van der Waals surface area contributed by atoms with Crippen molar-refractivity contribution in [1.29, 1.82) is 0 Å². The Morgan fingerprint density at radius 3 is 2.64 bits per heavy atom. The molecular weight excluding hydrogens is 199 g/mol. The first-order valence-corrected chi connectivity index (χ1v) is 3.74. The highest BCUT2D eigenvalue weighted by molar-refractivity contribution is 5.25. The molecule has 0 bridgehead atoms. The van der Waals surface area contributed by atoms with Crippen LogP contribution in [0.1, 0.15) is 6.42 Å². The number of hydrogen-bond donors (Lipinski definition) is 1. The first-order chi connectivity index (χ1) is 6.47. The Hall–Kier alpha value is -1.53. The molecule has 0 aliphatic carbocycles. The Bertz CT molecular complexity index is 302. The highest BCUT2D eigenvalue weighted by Crippen LogP contribution is 2.19. The lowest BCUT2D eigenvalue weighted by atomic mass is 10.4. The lowest BCUT2D eigenvalue weighted by molar-refractivity contribution is -0.139. The van der Waals surface area contributed by atoms with Crippen molar-refractivity contribution < 1.29 is 17.9 Å². The highest BCUT2D eigenvalue weighted by Gasteiger charge is 2.26. The summed E-state index contributed by atoms with van der Waals surface area (Å²) < 4.78 is 39.8. The molecule has 0 atom stereocenters. The molecule has 2 N–H and O–H groups in total. The second kappa shape index (κ2) is 4.12. The number of rotatable bonds is 3. The second-order valence-corrected chi connectivity index (χ2v) is 2.50. The zero-order valence-corrected chi connectivity index (χ0v) is 7.08. The smallest absolute Gasteiger partial charge is 0.392 e. The molecule has 0 unspecified atom stereocenters. The minimum absolute atomic E-state index is 0.00532. The fourth-order valence-electron chi connectivity index (χ4n) is 0.703. The molecule has 14 heavy (non-hydrogen) atoms. The van der Waals surface area contributed by atoms with Crippen molar-refractivity contribution in [2.24, 2.45) is 0 Å². The van der Waals surface area contributed by atoms with Crippen LogP contribution in [-0.2, 0) is 0 Å². The van der Waals surface area contributed by atoms with Gasteiger partial charge in [0.05, 0.1) is 25.4 Å². The molecule has 0 fully saturated rings. The molecule has 0 aliphatic heterocycles. The molecule has 0 amide bonds. The van der Waals surface area contributed by atoms with E-state index in [2.05, 4.69) is 14.7 Å². The second-order valence-electron chi connectivity index (χ2n) is 2.50. The predicted octanol–water partition coefficient (Wildman–Crippen LogP) is 1.39. The van der Waals surface area contributed by atoms with Gasteiger partial charge in [-0.1, -0.05) is 0 Å². The van der Waals surface area contributed by atoms with Gasteiger partial charge in [-0.15, -0.1) is 0 Å². The van der Waals surface area contributed by atoms with Gasteiger partial charge in [-0.3, -0.25) is 4.98 Å². The Balaban J connectivity index is 2.39. The van der Waals surface area contributed by atoms with E-state index in [9.17, 15) is 13.2 Å². The molecule has 0 aromatic carbocycles. The fraction of sp³-hybridized carbons (Fsp3) is 0.429. The molecule has 1 heterocycles. The first kappa shape index (κ1) is 10.6. The molecule has 0 saturated carbocycles. The number of halogens is 3. The summed E-state index contributed by atoms with van der Waals surface area (Å²) in [6, 6.07) is 0. The molecule has 1 rings (SSSR count). The van der Waals surface area contributed by atoms with Crippen LogP contribution >= 0.6 is 0 Å². The topological polar surface area (TPSA) is 61.0 Å². The van der Waals surface area contributed by atoms with Crippen molar-refractivity contribution in [3.63, 3.8) is 0 Å². The third-order valence-electron chi connectivity index (χ3n) is 1.27. The molecule has 0 spiro atoms. The lowest BCUT2D eigenvalue weighted by Crippen LogP contribution is -2.13. The van der Waals surface area contributed by atoms with Crippen LogP contribution in [0, 0.1) is 0 Å². The summed E-state index contributed by atoms with van der Waals surface area (Å²) in [5, 5.41) is 0. The summed E-state index contributed by atoms with van der Waals surface area (Å²) in [7, 11) is 0. The Labute approximate surface area is 77.9 Å². The largest absolute Gasteiger partial charge is 0.476 e. The van der Waals surface area contributed by atoms with Gasteiger partial charge in [-0.2, -0.15) is 18.2 Å². The third kappa shape index (κ3) is 3.92. The quantitative estimate of drug-likeness (QED) is 0.813. The molecule has 1 aromatic rings. The van der Waals surface area contributed by atoms with Crippen LogP contribution < -0.4 is 10.5 Å². The number of hydrogen-bond acceptors (Lipinski definition) is 4. The molecule has 0 radical (unpaired) electrons. The van der Waals surface area contributed by atoms with Crippen LogP contribution in [0.5, 0.6) is 5.88 Å². The van der Waals surface area contributed by atoms with Crippen molar-refractivity contribution >= 4 is 5.82 Å². The van der Waals surface area contributed by atoms with E-state index in [0.29, 0.717) is 0 Å². The maximum absolute atomic E-state index is 11.7. The maximum Gasteiger partial charge on any atom is 0.392 e. The number of nitrogens with zero attached hydrogens (tertiary/aromatic N) is 2. The zero-order valence-electron chi connectivity index (χ0n) is 7.08. The van der Waals surface area contributed by atoms with Crippen molar-refractivity contribution in [3.05, 3.63) is 12.4 Å². The van der Waals surface area contributed by atoms with E-state index in [4.69, 9.17) is 5.73 Å². The Kier molecular flexibility index (Phi) is 3.10. The first-order valence-electron chi connectivity index (χ1n) is 3.74. The van der Waals surface area contributed by atoms with E-state index in [-0.39, 0.29) is 11.7 Å². The SMILES string of the molecule is Nc1cncc(OCCC(F)(F)F)n1. The number of alkyl halides is 3. The molecule has 1 aromatic heterocycles. The monoisotopic (exact) mass is 207 g/mol. The summed E-state index contributed by atoms with van der Waals surface area (Å²) in [5.41, 5.74) is 5.24. The van der Waals surface area contributed by atoms with Crippen LogP contribution in [0.4, 0.5) is 19.0 Å². The van der Waals surface area contributed by atoms with Crippen molar-refractivity contribution in [2.45, 2.75) is 12.6 Å². The molecule has 0 saturated heterocycles. The van der Waals surface area contributed by atoms with Gasteiger partial charge < -0.3 is 10.5 Å². The van der Waals surface area contributed by atoms with Crippen LogP contribution in [0.25, 0.3) is 0 Å². The van der Waals surface area contributed by atoms with E-state index >= 15 is 0 Å². The minimum atomic E-state index is -4.23. The van der Waals surface area contributed by atoms with Crippen LogP contribution in [0.3, 0.4) is 0 Å². The minimum Gasteiger partial charge on any atom is -0.476 e. The van der Waals surface area contributed by atoms with Crippen molar-refractivity contribution in [3.8, 4) is 5.88 Å². The van der Waals surface area contributed by atoms with Gasteiger partial charge in [0, 0.05) is 0 Å². The van der Waals surface area contributed by atoms with E-state index in [1.54, 1.807) is 0 Å². The summed E-state index contributed by atoms with van der Waals surface area (Å²) in [4.78, 5) is 7.22. The summed E-state index contributed by atoms with van der Waals surface area (Å²) >= 11 is 0. The standard InChI is InChI=1S/C7H8F3N3O/c8-7(9,10)1-2-14-6-4-12-3-5(11)13-6/h3-4H,1-2H2,(H2,11,13). The van der Waals surface area contributed by atoms with Crippen molar-refractivity contribution in [1.82, 2.24) is 9.97 Å². The molecule has 4 nitrogen and oxygen atoms in total. The average Bonchev–Trinajstić information content (AvgIpc) is 2.01. The van der Waals surface area contributed by atoms with Gasteiger partial charge in [0.25, 0.3) is 0 Å². The number of ether oxygens (including phenoxy) is 1. The summed E-state index contributed by atoms with van der Waals surface area (Å²) in [6.07, 6.45) is -2.78. The van der Waals surface area contributed by atoms with Gasteiger partial charge in [0.15, 0.2) is 0 Å². The number of nitrogen functional groups attached to an aromatic ring is 1. The van der Waals surface area contributed by atoms with Crippen LogP contribution in [0.15, 0.2) is 12.4 Å². The van der Waals surface area contributed by atoms with Gasteiger partial charge >= 0.3 is 6.18 Å². The van der Waals surface area contributed by atoms with E-state index in [0.717, 1.165) is 0 Å². The fourth-order valence-corrected chi connectivity index (χ4v) is 0.703. The zero-order chi connectivity index (χ0) is 10.6. The van der Waals surface area contributed by atoms with Crippen LogP contribution in [-0.4, -0.2) is 22.8 Å². The molecule has 0 aliphatic rings. The lowest BCUT2D eigenvalue weighted by Gasteiger charge is -2.07. The van der Waals surface area contributed by atoms with E-state index in [1.807, 2.05) is 0 Å². The number of anilines is 1. The van der Waals surface area contributed by atoms with Gasteiger partial charge in [-0.05, 0) is 0 Å². The number of nitrogens with two attached hydrogens (primary N) is 1. The maximum atomic E-state index is 11.7. The Morgan fingerprint density at radius 1 is 1.36 bits per heavy atom. The van der Waals surface area contributed by atoms with Crippen molar-refractivity contribution in [2.75, 3.05) is 12.3 Å². The third-order valence-corrected chi connectivity index (χ3v) is 1.27. The average molecular weight is 207 g/mol.